The minimum absolute atomic E-state index is 0.463. The van der Waals surface area contributed by atoms with Gasteiger partial charge < -0.3 is 4.42 Å². The lowest BCUT2D eigenvalue weighted by Crippen LogP contribution is -1.83. The largest absolute Gasteiger partial charge is 0.420 e. The van der Waals surface area contributed by atoms with Gasteiger partial charge in [0.15, 0.2) is 0 Å². The van der Waals surface area contributed by atoms with Crippen LogP contribution in [0.25, 0.3) is 11.5 Å². The van der Waals surface area contributed by atoms with E-state index in [1.807, 2.05) is 36.4 Å². The van der Waals surface area contributed by atoms with Crippen molar-refractivity contribution in [2.45, 2.75) is 11.5 Å². The van der Waals surface area contributed by atoms with Crippen molar-refractivity contribution in [3.05, 3.63) is 69.5 Å². The molecule has 1 heterocycles. The molecule has 0 atom stereocenters. The monoisotopic (exact) mass is 394 g/mol. The van der Waals surface area contributed by atoms with E-state index in [1.165, 1.54) is 5.56 Å². The molecule has 0 amide bonds. The highest BCUT2D eigenvalue weighted by Gasteiger charge is 2.11. The van der Waals surface area contributed by atoms with Crippen LogP contribution in [-0.4, -0.2) is 10.2 Å². The van der Waals surface area contributed by atoms with Gasteiger partial charge in [0.1, 0.15) is 0 Å². The third-order valence-electron chi connectivity index (χ3n) is 2.98. The summed E-state index contributed by atoms with van der Waals surface area (Å²) in [4.78, 5) is 0. The van der Waals surface area contributed by atoms with Crippen LogP contribution in [0.2, 0.25) is 5.02 Å². The summed E-state index contributed by atoms with van der Waals surface area (Å²) in [5, 5.41) is 8.75. The summed E-state index contributed by atoms with van der Waals surface area (Å²) in [6.45, 7) is 0. The molecule has 0 spiro atoms. The molecule has 0 radical (unpaired) electrons. The third kappa shape index (κ3) is 3.91. The predicted molar refractivity (Wildman–Crippen MR) is 93.9 cm³/mol. The van der Waals surface area contributed by atoms with Gasteiger partial charge in [-0.1, -0.05) is 51.8 Å². The molecular weight excluding hydrogens is 384 g/mol. The van der Waals surface area contributed by atoms with Gasteiger partial charge in [0, 0.05) is 10.2 Å². The van der Waals surface area contributed by atoms with Crippen LogP contribution in [0.3, 0.4) is 0 Å². The summed E-state index contributed by atoms with van der Waals surface area (Å²) >= 11 is 11.3. The quantitative estimate of drug-likeness (QED) is 0.565. The molecule has 0 aliphatic heterocycles. The van der Waals surface area contributed by atoms with Gasteiger partial charge in [0.2, 0.25) is 11.8 Å². The molecule has 0 aliphatic rings. The normalized spacial score (nSPS) is 10.8. The molecule has 112 valence electrons. The van der Waals surface area contributed by atoms with Crippen molar-refractivity contribution < 1.29 is 4.42 Å². The van der Waals surface area contributed by atoms with Crippen LogP contribution in [0.5, 0.6) is 0 Å². The fourth-order valence-corrected chi connectivity index (χ4v) is 3.19. The minimum atomic E-state index is 0.463. The average molecular weight is 396 g/mol. The minimum Gasteiger partial charge on any atom is -0.420 e. The van der Waals surface area contributed by atoms with Gasteiger partial charge in [0.25, 0.3) is 0 Å². The molecule has 0 N–H and O–H groups in total. The van der Waals surface area contributed by atoms with Crippen LogP contribution in [-0.2, 0) is 11.5 Å². The SMILES string of the molecule is Clc1ccccc1-c1nnc(CSCc2ccc(Br)cc2)o1. The Morgan fingerprint density at radius 1 is 1.00 bits per heavy atom. The van der Waals surface area contributed by atoms with Crippen molar-refractivity contribution in [3.8, 4) is 11.5 Å². The molecule has 0 saturated heterocycles. The maximum atomic E-state index is 6.13. The summed E-state index contributed by atoms with van der Waals surface area (Å²) in [7, 11) is 0. The molecular formula is C16H12BrClN2OS. The van der Waals surface area contributed by atoms with Crippen molar-refractivity contribution in [2.75, 3.05) is 0 Å². The highest BCUT2D eigenvalue weighted by atomic mass is 79.9. The van der Waals surface area contributed by atoms with Gasteiger partial charge in [-0.2, -0.15) is 0 Å². The molecule has 3 nitrogen and oxygen atoms in total. The molecule has 0 fully saturated rings. The smallest absolute Gasteiger partial charge is 0.249 e. The van der Waals surface area contributed by atoms with Crippen molar-refractivity contribution in [2.24, 2.45) is 0 Å². The van der Waals surface area contributed by atoms with Crippen LogP contribution in [0.15, 0.2) is 57.4 Å². The van der Waals surface area contributed by atoms with Crippen LogP contribution in [0, 0.1) is 0 Å². The first kappa shape index (κ1) is 15.6. The van der Waals surface area contributed by atoms with Gasteiger partial charge in [-0.25, -0.2) is 0 Å². The zero-order chi connectivity index (χ0) is 15.4. The van der Waals surface area contributed by atoms with Crippen LogP contribution in [0.1, 0.15) is 11.5 Å². The zero-order valence-corrected chi connectivity index (χ0v) is 14.7. The zero-order valence-electron chi connectivity index (χ0n) is 11.5. The van der Waals surface area contributed by atoms with Crippen molar-refractivity contribution in [1.29, 1.82) is 0 Å². The molecule has 0 aliphatic carbocycles. The Kier molecular flexibility index (Phi) is 5.18. The van der Waals surface area contributed by atoms with Gasteiger partial charge >= 0.3 is 0 Å². The summed E-state index contributed by atoms with van der Waals surface area (Å²) in [6, 6.07) is 15.7. The lowest BCUT2D eigenvalue weighted by atomic mass is 10.2. The van der Waals surface area contributed by atoms with E-state index in [4.69, 9.17) is 16.0 Å². The number of aromatic nitrogens is 2. The molecule has 22 heavy (non-hydrogen) atoms. The lowest BCUT2D eigenvalue weighted by Gasteiger charge is -2.00. The number of hydrogen-bond acceptors (Lipinski definition) is 4. The molecule has 1 aromatic heterocycles. The Morgan fingerprint density at radius 2 is 1.77 bits per heavy atom. The van der Waals surface area contributed by atoms with Crippen molar-refractivity contribution >= 4 is 39.3 Å². The third-order valence-corrected chi connectivity index (χ3v) is 4.83. The van der Waals surface area contributed by atoms with E-state index in [1.54, 1.807) is 11.8 Å². The van der Waals surface area contributed by atoms with Gasteiger partial charge in [-0.05, 0) is 29.8 Å². The van der Waals surface area contributed by atoms with E-state index in [0.29, 0.717) is 22.6 Å². The second kappa shape index (κ2) is 7.31. The molecule has 2 aromatic carbocycles. The van der Waals surface area contributed by atoms with E-state index in [-0.39, 0.29) is 0 Å². The maximum absolute atomic E-state index is 6.13. The maximum Gasteiger partial charge on any atom is 0.249 e. The van der Waals surface area contributed by atoms with E-state index < -0.39 is 0 Å². The average Bonchev–Trinajstić information content (AvgIpc) is 2.98. The number of thioether (sulfide) groups is 1. The van der Waals surface area contributed by atoms with Crippen molar-refractivity contribution in [3.63, 3.8) is 0 Å². The fourth-order valence-electron chi connectivity index (χ4n) is 1.89. The van der Waals surface area contributed by atoms with E-state index in [0.717, 1.165) is 15.8 Å². The molecule has 0 saturated carbocycles. The molecule has 6 heteroatoms. The Balaban J connectivity index is 1.60. The van der Waals surface area contributed by atoms with Gasteiger partial charge in [0.05, 0.1) is 16.3 Å². The highest BCUT2D eigenvalue weighted by molar-refractivity contribution is 9.10. The summed E-state index contributed by atoms with van der Waals surface area (Å²) in [5.74, 6) is 2.65. The number of benzene rings is 2. The number of nitrogens with zero attached hydrogens (tertiary/aromatic N) is 2. The van der Waals surface area contributed by atoms with E-state index >= 15 is 0 Å². The Hall–Kier alpha value is -1.30. The lowest BCUT2D eigenvalue weighted by molar-refractivity contribution is 0.528. The second-order valence-electron chi connectivity index (χ2n) is 4.60. The second-order valence-corrected chi connectivity index (χ2v) is 6.91. The first-order chi connectivity index (χ1) is 10.7. The van der Waals surface area contributed by atoms with Gasteiger partial charge in [-0.3, -0.25) is 0 Å². The number of halogens is 2. The topological polar surface area (TPSA) is 38.9 Å². The molecule has 3 rings (SSSR count). The summed E-state index contributed by atoms with van der Waals surface area (Å²) in [6.07, 6.45) is 0. The summed E-state index contributed by atoms with van der Waals surface area (Å²) < 4.78 is 6.76. The number of rotatable bonds is 5. The molecule has 0 bridgehead atoms. The first-order valence-corrected chi connectivity index (χ1v) is 8.94. The highest BCUT2D eigenvalue weighted by Crippen LogP contribution is 2.27. The van der Waals surface area contributed by atoms with Crippen LogP contribution in [0.4, 0.5) is 0 Å². The van der Waals surface area contributed by atoms with Crippen LogP contribution < -0.4 is 0 Å². The Morgan fingerprint density at radius 3 is 2.55 bits per heavy atom. The fraction of sp³-hybridized carbons (Fsp3) is 0.125. The first-order valence-electron chi connectivity index (χ1n) is 6.62. The molecule has 0 unspecified atom stereocenters. The standard InChI is InChI=1S/C16H12BrClN2OS/c17-12-7-5-11(6-8-12)9-22-10-15-19-20-16(21-15)13-3-1-2-4-14(13)18/h1-8H,9-10H2. The Bertz CT molecular complexity index is 761. The number of hydrogen-bond donors (Lipinski definition) is 0. The summed E-state index contributed by atoms with van der Waals surface area (Å²) in [5.41, 5.74) is 2.03. The van der Waals surface area contributed by atoms with E-state index in [2.05, 4.69) is 38.3 Å². The molecule has 3 aromatic rings. The van der Waals surface area contributed by atoms with Crippen LogP contribution >= 0.6 is 39.3 Å². The predicted octanol–water partition coefficient (Wildman–Crippen LogP) is 5.59. The Labute approximate surface area is 146 Å². The van der Waals surface area contributed by atoms with Crippen molar-refractivity contribution in [1.82, 2.24) is 10.2 Å². The van der Waals surface area contributed by atoms with E-state index in [9.17, 15) is 0 Å². The van der Waals surface area contributed by atoms with Gasteiger partial charge in [-0.15, -0.1) is 22.0 Å².